The van der Waals surface area contributed by atoms with Crippen molar-refractivity contribution in [3.63, 3.8) is 0 Å². The molecule has 0 saturated carbocycles. The van der Waals surface area contributed by atoms with Gasteiger partial charge in [0.05, 0.1) is 10.7 Å². The van der Waals surface area contributed by atoms with Crippen LogP contribution < -0.4 is 5.32 Å². The van der Waals surface area contributed by atoms with E-state index in [1.807, 2.05) is 11.3 Å². The summed E-state index contributed by atoms with van der Waals surface area (Å²) in [5.74, 6) is 0.633. The molecular formula is C12H18N2OS. The summed E-state index contributed by atoms with van der Waals surface area (Å²) in [6, 6.07) is 0. The van der Waals surface area contributed by atoms with Crippen LogP contribution in [0.15, 0.2) is 5.38 Å². The minimum absolute atomic E-state index is 0.279. The van der Waals surface area contributed by atoms with Crippen molar-refractivity contribution in [1.29, 1.82) is 0 Å². The van der Waals surface area contributed by atoms with E-state index < -0.39 is 0 Å². The van der Waals surface area contributed by atoms with Crippen molar-refractivity contribution in [3.8, 4) is 0 Å². The van der Waals surface area contributed by atoms with Gasteiger partial charge in [-0.05, 0) is 32.2 Å². The van der Waals surface area contributed by atoms with Gasteiger partial charge in [0.2, 0.25) is 0 Å². The van der Waals surface area contributed by atoms with Gasteiger partial charge in [-0.15, -0.1) is 11.3 Å². The van der Waals surface area contributed by atoms with Crippen LogP contribution in [0.2, 0.25) is 0 Å². The topological polar surface area (TPSA) is 34.2 Å². The third-order valence-electron chi connectivity index (χ3n) is 3.45. The monoisotopic (exact) mass is 238 g/mol. The molecule has 2 saturated heterocycles. The fourth-order valence-electron chi connectivity index (χ4n) is 2.51. The van der Waals surface area contributed by atoms with Crippen molar-refractivity contribution in [2.75, 3.05) is 19.7 Å². The lowest BCUT2D eigenvalue weighted by atomic mass is 10.0. The van der Waals surface area contributed by atoms with E-state index >= 15 is 0 Å². The third kappa shape index (κ3) is 2.14. The molecule has 3 heterocycles. The van der Waals surface area contributed by atoms with Crippen LogP contribution in [0.5, 0.6) is 0 Å². The number of nitrogens with one attached hydrogen (secondary N) is 1. The maximum absolute atomic E-state index is 5.67. The number of rotatable bonds is 2. The van der Waals surface area contributed by atoms with Gasteiger partial charge in [-0.25, -0.2) is 4.98 Å². The highest BCUT2D eigenvalue weighted by molar-refractivity contribution is 7.09. The highest BCUT2D eigenvalue weighted by atomic mass is 32.1. The second kappa shape index (κ2) is 4.82. The Morgan fingerprint density at radius 3 is 3.12 bits per heavy atom. The molecule has 2 aliphatic rings. The maximum atomic E-state index is 5.67. The molecule has 2 atom stereocenters. The van der Waals surface area contributed by atoms with Crippen LogP contribution in [0.3, 0.4) is 0 Å². The standard InChI is InChI=1S/C12H18N2OS/c1-3-9(7-13-5-1)12-14-10(8-16-12)11-4-2-6-15-11/h8-9,11,13H,1-7H2. The van der Waals surface area contributed by atoms with E-state index in [1.54, 1.807) is 0 Å². The molecule has 0 bridgehead atoms. The van der Waals surface area contributed by atoms with Gasteiger partial charge in [-0.2, -0.15) is 0 Å². The number of ether oxygens (including phenoxy) is 1. The van der Waals surface area contributed by atoms with Gasteiger partial charge >= 0.3 is 0 Å². The largest absolute Gasteiger partial charge is 0.372 e. The molecule has 0 radical (unpaired) electrons. The molecule has 2 aliphatic heterocycles. The molecule has 2 fully saturated rings. The lowest BCUT2D eigenvalue weighted by molar-refractivity contribution is 0.109. The van der Waals surface area contributed by atoms with Gasteiger partial charge in [0.1, 0.15) is 6.10 Å². The van der Waals surface area contributed by atoms with Crippen LogP contribution in [0.4, 0.5) is 0 Å². The number of thiazole rings is 1. The zero-order valence-electron chi connectivity index (χ0n) is 9.45. The zero-order valence-corrected chi connectivity index (χ0v) is 10.3. The van der Waals surface area contributed by atoms with Gasteiger partial charge < -0.3 is 10.1 Å². The van der Waals surface area contributed by atoms with Crippen molar-refractivity contribution in [2.24, 2.45) is 0 Å². The SMILES string of the molecule is c1sc(C2CCCNC2)nc1C1CCCO1. The van der Waals surface area contributed by atoms with Crippen molar-refractivity contribution in [2.45, 2.75) is 37.7 Å². The molecule has 3 nitrogen and oxygen atoms in total. The minimum atomic E-state index is 0.279. The van der Waals surface area contributed by atoms with Gasteiger partial charge in [0, 0.05) is 24.4 Å². The van der Waals surface area contributed by atoms with E-state index in [4.69, 9.17) is 9.72 Å². The first-order chi connectivity index (χ1) is 7.93. The Balaban J connectivity index is 1.71. The van der Waals surface area contributed by atoms with E-state index in [-0.39, 0.29) is 6.10 Å². The van der Waals surface area contributed by atoms with Crippen molar-refractivity contribution < 1.29 is 4.74 Å². The molecule has 1 aromatic heterocycles. The summed E-state index contributed by atoms with van der Waals surface area (Å²) in [7, 11) is 0. The molecular weight excluding hydrogens is 220 g/mol. The van der Waals surface area contributed by atoms with E-state index in [9.17, 15) is 0 Å². The summed E-state index contributed by atoms with van der Waals surface area (Å²) in [6.45, 7) is 3.17. The Bertz CT molecular complexity index is 341. The fourth-order valence-corrected chi connectivity index (χ4v) is 3.51. The highest BCUT2D eigenvalue weighted by Gasteiger charge is 2.23. The van der Waals surface area contributed by atoms with Gasteiger partial charge in [0.25, 0.3) is 0 Å². The Morgan fingerprint density at radius 2 is 2.38 bits per heavy atom. The quantitative estimate of drug-likeness (QED) is 0.859. The highest BCUT2D eigenvalue weighted by Crippen LogP contribution is 2.32. The lowest BCUT2D eigenvalue weighted by Gasteiger charge is -2.20. The lowest BCUT2D eigenvalue weighted by Crippen LogP contribution is -2.28. The molecule has 0 aliphatic carbocycles. The summed E-state index contributed by atoms with van der Waals surface area (Å²) in [5, 5.41) is 6.95. The predicted octanol–water partition coefficient (Wildman–Crippen LogP) is 2.46. The average molecular weight is 238 g/mol. The average Bonchev–Trinajstić information content (AvgIpc) is 3.01. The smallest absolute Gasteiger partial charge is 0.100 e. The molecule has 0 aromatic carbocycles. The van der Waals surface area contributed by atoms with Crippen LogP contribution in [0.1, 0.15) is 48.4 Å². The summed E-state index contributed by atoms with van der Waals surface area (Å²) in [5.41, 5.74) is 1.17. The van der Waals surface area contributed by atoms with Gasteiger partial charge in [-0.1, -0.05) is 0 Å². The molecule has 16 heavy (non-hydrogen) atoms. The first kappa shape index (κ1) is 10.7. The van der Waals surface area contributed by atoms with Crippen LogP contribution in [0, 0.1) is 0 Å². The van der Waals surface area contributed by atoms with Gasteiger partial charge in [-0.3, -0.25) is 0 Å². The molecule has 0 spiro atoms. The predicted molar refractivity (Wildman–Crippen MR) is 64.9 cm³/mol. The van der Waals surface area contributed by atoms with Crippen LogP contribution >= 0.6 is 11.3 Å². The van der Waals surface area contributed by atoms with E-state index in [2.05, 4.69) is 10.7 Å². The van der Waals surface area contributed by atoms with E-state index in [0.717, 1.165) is 19.6 Å². The molecule has 1 N–H and O–H groups in total. The molecule has 4 heteroatoms. The number of hydrogen-bond donors (Lipinski definition) is 1. The van der Waals surface area contributed by atoms with Crippen molar-refractivity contribution in [3.05, 3.63) is 16.1 Å². The Labute approximate surface area is 100 Å². The Morgan fingerprint density at radius 1 is 1.38 bits per heavy atom. The normalized spacial score (nSPS) is 30.8. The molecule has 2 unspecified atom stereocenters. The summed E-state index contributed by atoms with van der Waals surface area (Å²) in [4.78, 5) is 4.77. The Kier molecular flexibility index (Phi) is 3.22. The van der Waals surface area contributed by atoms with Crippen molar-refractivity contribution in [1.82, 2.24) is 10.3 Å². The molecule has 0 amide bonds. The number of hydrogen-bond acceptors (Lipinski definition) is 4. The minimum Gasteiger partial charge on any atom is -0.372 e. The molecule has 88 valence electrons. The number of piperidine rings is 1. The second-order valence-corrected chi connectivity index (χ2v) is 5.55. The summed E-state index contributed by atoms with van der Waals surface area (Å²) >= 11 is 1.81. The number of aromatic nitrogens is 1. The first-order valence-electron chi connectivity index (χ1n) is 6.21. The Hall–Kier alpha value is -0.450. The van der Waals surface area contributed by atoms with Gasteiger partial charge in [0.15, 0.2) is 0 Å². The second-order valence-electron chi connectivity index (χ2n) is 4.66. The summed E-state index contributed by atoms with van der Waals surface area (Å²) in [6.07, 6.45) is 5.17. The maximum Gasteiger partial charge on any atom is 0.100 e. The van der Waals surface area contributed by atoms with Crippen LogP contribution in [0.25, 0.3) is 0 Å². The van der Waals surface area contributed by atoms with Crippen molar-refractivity contribution >= 4 is 11.3 Å². The van der Waals surface area contributed by atoms with E-state index in [1.165, 1.54) is 36.5 Å². The number of nitrogens with zero attached hydrogens (tertiary/aromatic N) is 1. The first-order valence-corrected chi connectivity index (χ1v) is 7.09. The van der Waals surface area contributed by atoms with Crippen LogP contribution in [-0.2, 0) is 4.74 Å². The zero-order chi connectivity index (χ0) is 10.8. The third-order valence-corrected chi connectivity index (χ3v) is 4.47. The molecule has 3 rings (SSSR count). The van der Waals surface area contributed by atoms with Crippen LogP contribution in [-0.4, -0.2) is 24.7 Å². The molecule has 1 aromatic rings. The summed E-state index contributed by atoms with van der Waals surface area (Å²) < 4.78 is 5.67. The fraction of sp³-hybridized carbons (Fsp3) is 0.750. The van der Waals surface area contributed by atoms with E-state index in [0.29, 0.717) is 5.92 Å².